The van der Waals surface area contributed by atoms with Crippen molar-refractivity contribution in [3.8, 4) is 28.8 Å². The molecule has 0 saturated heterocycles. The maximum atomic E-state index is 13.6. The van der Waals surface area contributed by atoms with Gasteiger partial charge in [0.25, 0.3) is 5.91 Å². The predicted molar refractivity (Wildman–Crippen MR) is 127 cm³/mol. The maximum absolute atomic E-state index is 13.6. The molecule has 2 aromatic carbocycles. The van der Waals surface area contributed by atoms with E-state index in [0.29, 0.717) is 48.5 Å². The van der Waals surface area contributed by atoms with Gasteiger partial charge in [0.2, 0.25) is 5.88 Å². The predicted octanol–water partition coefficient (Wildman–Crippen LogP) is 4.86. The number of ether oxygens (including phenoxy) is 2. The van der Waals surface area contributed by atoms with Crippen molar-refractivity contribution >= 4 is 5.91 Å². The molecule has 0 fully saturated rings. The van der Waals surface area contributed by atoms with Gasteiger partial charge in [0, 0.05) is 29.4 Å². The highest BCUT2D eigenvalue weighted by Gasteiger charge is 2.20. The first kappa shape index (κ1) is 21.6. The van der Waals surface area contributed by atoms with Crippen LogP contribution in [-0.2, 0) is 6.54 Å². The van der Waals surface area contributed by atoms with Crippen LogP contribution in [0, 0.1) is 0 Å². The number of H-pyrrole nitrogens is 1. The number of hydrogen-bond acceptors (Lipinski definition) is 6. The Balaban J connectivity index is 1.45. The van der Waals surface area contributed by atoms with E-state index in [0.717, 1.165) is 30.4 Å². The Bertz CT molecular complexity index is 1260. The first-order valence-electron chi connectivity index (χ1n) is 11.4. The number of para-hydroxylation sites is 2. The zero-order chi connectivity index (χ0) is 23.2. The lowest BCUT2D eigenvalue weighted by Gasteiger charge is -2.24. The van der Waals surface area contributed by atoms with E-state index in [1.807, 2.05) is 65.6 Å². The lowest BCUT2D eigenvalue weighted by atomic mass is 10.1. The minimum absolute atomic E-state index is 0.0531. The van der Waals surface area contributed by atoms with Crippen molar-refractivity contribution in [1.29, 1.82) is 0 Å². The van der Waals surface area contributed by atoms with Gasteiger partial charge in [0.15, 0.2) is 17.3 Å². The number of benzene rings is 2. The molecule has 3 heterocycles. The van der Waals surface area contributed by atoms with Crippen LogP contribution in [0.15, 0.2) is 73.2 Å². The molecule has 0 spiro atoms. The van der Waals surface area contributed by atoms with Crippen LogP contribution in [0.5, 0.6) is 17.4 Å². The second kappa shape index (κ2) is 10.2. The third-order valence-corrected chi connectivity index (χ3v) is 5.68. The number of amides is 1. The molecule has 2 aromatic heterocycles. The summed E-state index contributed by atoms with van der Waals surface area (Å²) in [5, 5.41) is 6.76. The van der Waals surface area contributed by atoms with Gasteiger partial charge in [-0.3, -0.25) is 9.89 Å². The summed E-state index contributed by atoms with van der Waals surface area (Å²) in [5.74, 6) is 2.34. The molecule has 172 valence electrons. The van der Waals surface area contributed by atoms with Gasteiger partial charge in [-0.1, -0.05) is 30.3 Å². The highest BCUT2D eigenvalue weighted by atomic mass is 16.5. The van der Waals surface area contributed by atoms with Crippen LogP contribution >= 0.6 is 0 Å². The summed E-state index contributed by atoms with van der Waals surface area (Å²) in [6, 6.07) is 18.8. The summed E-state index contributed by atoms with van der Waals surface area (Å²) >= 11 is 0. The quantitative estimate of drug-likeness (QED) is 0.464. The van der Waals surface area contributed by atoms with Crippen LogP contribution in [0.3, 0.4) is 0 Å². The molecule has 0 atom stereocenters. The largest absolute Gasteiger partial charge is 0.490 e. The summed E-state index contributed by atoms with van der Waals surface area (Å²) in [5.41, 5.74) is 2.24. The lowest BCUT2D eigenvalue weighted by molar-refractivity contribution is 0.0738. The molecule has 1 amide bonds. The fourth-order valence-corrected chi connectivity index (χ4v) is 3.94. The maximum Gasteiger partial charge on any atom is 0.254 e. The van der Waals surface area contributed by atoms with Crippen molar-refractivity contribution in [1.82, 2.24) is 25.1 Å². The topological polar surface area (TPSA) is 93.2 Å². The Morgan fingerprint density at radius 2 is 1.85 bits per heavy atom. The van der Waals surface area contributed by atoms with Gasteiger partial charge < -0.3 is 14.4 Å². The fraction of sp³-hybridized carbons (Fsp3) is 0.231. The number of aromatic amines is 1. The molecule has 0 saturated carbocycles. The van der Waals surface area contributed by atoms with Crippen molar-refractivity contribution in [2.75, 3.05) is 13.2 Å². The molecule has 8 nitrogen and oxygen atoms in total. The van der Waals surface area contributed by atoms with Crippen LogP contribution in [0.25, 0.3) is 11.4 Å². The average molecular weight is 456 g/mol. The molecular formula is C26H25N5O3. The van der Waals surface area contributed by atoms with E-state index >= 15 is 0 Å². The smallest absolute Gasteiger partial charge is 0.254 e. The molecule has 4 aromatic rings. The first-order chi connectivity index (χ1) is 16.8. The molecule has 0 bridgehead atoms. The zero-order valence-electron chi connectivity index (χ0n) is 18.7. The third-order valence-electron chi connectivity index (χ3n) is 5.68. The normalized spacial score (nSPS) is 14.3. The Kier molecular flexibility index (Phi) is 6.47. The van der Waals surface area contributed by atoms with E-state index in [1.165, 1.54) is 6.33 Å². The SMILES string of the molecule is O=C(c1cccc(-c2ncn[nH]2)c1)N1CCCCCOc2ccccc2Oc2ncccc2C1. The molecule has 34 heavy (non-hydrogen) atoms. The van der Waals surface area contributed by atoms with Gasteiger partial charge in [-0.25, -0.2) is 9.97 Å². The van der Waals surface area contributed by atoms with E-state index in [1.54, 1.807) is 6.20 Å². The summed E-state index contributed by atoms with van der Waals surface area (Å²) < 4.78 is 12.1. The molecule has 1 aliphatic heterocycles. The third kappa shape index (κ3) is 4.91. The minimum atomic E-state index is -0.0531. The summed E-state index contributed by atoms with van der Waals surface area (Å²) in [6.07, 6.45) is 5.85. The van der Waals surface area contributed by atoms with Crippen molar-refractivity contribution in [3.05, 3.63) is 84.3 Å². The molecular weight excluding hydrogens is 430 g/mol. The van der Waals surface area contributed by atoms with Gasteiger partial charge in [0.1, 0.15) is 6.33 Å². The molecule has 0 aliphatic carbocycles. The van der Waals surface area contributed by atoms with Crippen LogP contribution in [-0.4, -0.2) is 44.1 Å². The highest BCUT2D eigenvalue weighted by Crippen LogP contribution is 2.33. The van der Waals surface area contributed by atoms with Gasteiger partial charge in [-0.05, 0) is 49.6 Å². The Hall–Kier alpha value is -4.20. The van der Waals surface area contributed by atoms with Crippen molar-refractivity contribution in [2.45, 2.75) is 25.8 Å². The minimum Gasteiger partial charge on any atom is -0.490 e. The van der Waals surface area contributed by atoms with Crippen LogP contribution in [0.1, 0.15) is 35.2 Å². The number of carbonyl (C=O) groups excluding carboxylic acids is 1. The van der Waals surface area contributed by atoms with E-state index in [4.69, 9.17) is 9.47 Å². The Morgan fingerprint density at radius 1 is 0.941 bits per heavy atom. The number of rotatable bonds is 2. The van der Waals surface area contributed by atoms with Gasteiger partial charge in [-0.15, -0.1) is 0 Å². The summed E-state index contributed by atoms with van der Waals surface area (Å²) in [6.45, 7) is 1.59. The van der Waals surface area contributed by atoms with Crippen LogP contribution < -0.4 is 9.47 Å². The molecule has 0 radical (unpaired) electrons. The number of hydrogen-bond donors (Lipinski definition) is 1. The molecule has 1 aliphatic rings. The van der Waals surface area contributed by atoms with Crippen molar-refractivity contribution in [2.24, 2.45) is 0 Å². The molecule has 1 N–H and O–H groups in total. The van der Waals surface area contributed by atoms with Gasteiger partial charge in [-0.2, -0.15) is 5.10 Å². The lowest BCUT2D eigenvalue weighted by Crippen LogP contribution is -2.31. The standard InChI is InChI=1S/C26H25N5O3/c32-26(20-9-6-8-19(16-20)24-28-18-29-30-24)31-14-4-1-5-15-33-22-11-2-3-12-23(22)34-25-21(17-31)10-7-13-27-25/h2-3,6-13,16,18H,1,4-5,14-15,17H2,(H,28,29,30). The van der Waals surface area contributed by atoms with Gasteiger partial charge >= 0.3 is 0 Å². The van der Waals surface area contributed by atoms with Crippen LogP contribution in [0.2, 0.25) is 0 Å². The zero-order valence-corrected chi connectivity index (χ0v) is 18.7. The Morgan fingerprint density at radius 3 is 2.74 bits per heavy atom. The van der Waals surface area contributed by atoms with Gasteiger partial charge in [0.05, 0.1) is 13.2 Å². The molecule has 5 rings (SSSR count). The fourth-order valence-electron chi connectivity index (χ4n) is 3.94. The van der Waals surface area contributed by atoms with E-state index in [2.05, 4.69) is 20.2 Å². The van der Waals surface area contributed by atoms with Crippen molar-refractivity contribution in [3.63, 3.8) is 0 Å². The highest BCUT2D eigenvalue weighted by molar-refractivity contribution is 5.95. The number of aromatic nitrogens is 4. The summed E-state index contributed by atoms with van der Waals surface area (Å²) in [7, 11) is 0. The van der Waals surface area contributed by atoms with E-state index < -0.39 is 0 Å². The van der Waals surface area contributed by atoms with E-state index in [9.17, 15) is 4.79 Å². The average Bonchev–Trinajstić information content (AvgIpc) is 3.42. The second-order valence-corrected chi connectivity index (χ2v) is 8.07. The molecule has 8 heteroatoms. The molecule has 0 unspecified atom stereocenters. The number of nitrogens with zero attached hydrogens (tertiary/aromatic N) is 4. The number of fused-ring (bicyclic) bond motifs is 2. The Labute approximate surface area is 197 Å². The number of nitrogens with one attached hydrogen (secondary N) is 1. The monoisotopic (exact) mass is 455 g/mol. The second-order valence-electron chi connectivity index (χ2n) is 8.07. The van der Waals surface area contributed by atoms with Crippen molar-refractivity contribution < 1.29 is 14.3 Å². The number of carbonyl (C=O) groups is 1. The number of pyridine rings is 1. The first-order valence-corrected chi connectivity index (χ1v) is 11.4. The summed E-state index contributed by atoms with van der Waals surface area (Å²) in [4.78, 5) is 24.1. The van der Waals surface area contributed by atoms with Crippen LogP contribution in [0.4, 0.5) is 0 Å². The van der Waals surface area contributed by atoms with E-state index in [-0.39, 0.29) is 5.91 Å².